The fraction of sp³-hybridized carbons (Fsp3) is 0.0625. The zero-order chi connectivity index (χ0) is 11.9. The third-order valence-electron chi connectivity index (χ3n) is 2.47. The van der Waals surface area contributed by atoms with E-state index in [2.05, 4.69) is 24.0 Å². The molecule has 0 fully saturated rings. The molecule has 0 N–H and O–H groups in total. The van der Waals surface area contributed by atoms with Gasteiger partial charge in [-0.05, 0) is 29.7 Å². The second kappa shape index (κ2) is 5.54. The van der Waals surface area contributed by atoms with Gasteiger partial charge in [0.25, 0.3) is 0 Å². The Hall–Kier alpha value is -2.51. The number of benzene rings is 2. The summed E-state index contributed by atoms with van der Waals surface area (Å²) in [4.78, 5) is 0. The van der Waals surface area contributed by atoms with Crippen LogP contribution in [0.1, 0.15) is 16.7 Å². The first kappa shape index (κ1) is 11.0. The smallest absolute Gasteiger partial charge is 0.152 e. The van der Waals surface area contributed by atoms with Crippen molar-refractivity contribution in [2.75, 3.05) is 0 Å². The Bertz CT molecular complexity index is 577. The molecule has 0 saturated carbocycles. The number of rotatable bonds is 2. The lowest BCUT2D eigenvalue weighted by Crippen LogP contribution is -1.87. The van der Waals surface area contributed by atoms with Crippen molar-refractivity contribution in [3.05, 3.63) is 71.3 Å². The Morgan fingerprint density at radius 3 is 2.12 bits per heavy atom. The van der Waals surface area contributed by atoms with E-state index in [9.17, 15) is 0 Å². The minimum absolute atomic E-state index is 0.878. The lowest BCUT2D eigenvalue weighted by molar-refractivity contribution is 1.19. The SMILES string of the molecule is N#CC#Cc1ccc(Cc2ccccc2)cc1. The van der Waals surface area contributed by atoms with Crippen molar-refractivity contribution in [3.63, 3.8) is 0 Å². The highest BCUT2D eigenvalue weighted by Crippen LogP contribution is 2.10. The summed E-state index contributed by atoms with van der Waals surface area (Å²) < 4.78 is 0. The molecule has 0 amide bonds. The Morgan fingerprint density at radius 1 is 0.824 bits per heavy atom. The molecule has 0 spiro atoms. The molecule has 2 rings (SSSR count). The summed E-state index contributed by atoms with van der Waals surface area (Å²) in [5.41, 5.74) is 3.42. The summed E-state index contributed by atoms with van der Waals surface area (Å²) in [5, 5.41) is 8.35. The molecule has 2 aromatic rings. The van der Waals surface area contributed by atoms with E-state index in [0.717, 1.165) is 12.0 Å². The van der Waals surface area contributed by atoms with Gasteiger partial charge in [-0.25, -0.2) is 0 Å². The summed E-state index contributed by atoms with van der Waals surface area (Å²) in [6, 6.07) is 20.1. The van der Waals surface area contributed by atoms with E-state index in [-0.39, 0.29) is 0 Å². The van der Waals surface area contributed by atoms with Gasteiger partial charge in [0.2, 0.25) is 0 Å². The Labute approximate surface area is 101 Å². The first-order valence-corrected chi connectivity index (χ1v) is 5.41. The van der Waals surface area contributed by atoms with E-state index in [1.807, 2.05) is 48.5 Å². The molecule has 0 aliphatic heterocycles. The van der Waals surface area contributed by atoms with E-state index in [1.54, 1.807) is 0 Å². The van der Waals surface area contributed by atoms with Crippen molar-refractivity contribution < 1.29 is 0 Å². The molecule has 1 nitrogen and oxygen atoms in total. The van der Waals surface area contributed by atoms with Gasteiger partial charge in [0.05, 0.1) is 0 Å². The monoisotopic (exact) mass is 217 g/mol. The topological polar surface area (TPSA) is 23.8 Å². The van der Waals surface area contributed by atoms with Crippen molar-refractivity contribution >= 4 is 0 Å². The van der Waals surface area contributed by atoms with Crippen LogP contribution in [0.15, 0.2) is 54.6 Å². The van der Waals surface area contributed by atoms with Gasteiger partial charge in [-0.2, -0.15) is 5.26 Å². The van der Waals surface area contributed by atoms with Crippen LogP contribution in [0.2, 0.25) is 0 Å². The van der Waals surface area contributed by atoms with Crippen LogP contribution in [0.4, 0.5) is 0 Å². The molecular formula is C16H11N. The average molecular weight is 217 g/mol. The molecule has 0 atom stereocenters. The fourth-order valence-corrected chi connectivity index (χ4v) is 1.64. The molecule has 0 aliphatic carbocycles. The second-order valence-electron chi connectivity index (χ2n) is 3.72. The van der Waals surface area contributed by atoms with Gasteiger partial charge in [-0.3, -0.25) is 0 Å². The van der Waals surface area contributed by atoms with Crippen LogP contribution in [0.5, 0.6) is 0 Å². The molecule has 0 radical (unpaired) electrons. The normalized spacial score (nSPS) is 8.88. The average Bonchev–Trinajstić information content (AvgIpc) is 2.39. The Kier molecular flexibility index (Phi) is 3.58. The van der Waals surface area contributed by atoms with Crippen molar-refractivity contribution in [2.45, 2.75) is 6.42 Å². The minimum atomic E-state index is 0.878. The Morgan fingerprint density at radius 2 is 1.47 bits per heavy atom. The fourth-order valence-electron chi connectivity index (χ4n) is 1.64. The van der Waals surface area contributed by atoms with Gasteiger partial charge in [-0.15, -0.1) is 0 Å². The van der Waals surface area contributed by atoms with Gasteiger partial charge in [0.15, 0.2) is 6.07 Å². The van der Waals surface area contributed by atoms with Crippen molar-refractivity contribution in [1.82, 2.24) is 0 Å². The van der Waals surface area contributed by atoms with Gasteiger partial charge >= 0.3 is 0 Å². The van der Waals surface area contributed by atoms with E-state index in [4.69, 9.17) is 5.26 Å². The number of hydrogen-bond donors (Lipinski definition) is 0. The van der Waals surface area contributed by atoms with Crippen molar-refractivity contribution in [1.29, 1.82) is 5.26 Å². The molecule has 0 aromatic heterocycles. The zero-order valence-corrected chi connectivity index (χ0v) is 9.35. The van der Waals surface area contributed by atoms with Crippen LogP contribution in [0, 0.1) is 23.2 Å². The first-order valence-electron chi connectivity index (χ1n) is 5.41. The first-order chi connectivity index (χ1) is 8.38. The van der Waals surface area contributed by atoms with E-state index in [0.29, 0.717) is 0 Å². The van der Waals surface area contributed by atoms with Gasteiger partial charge in [0, 0.05) is 11.5 Å². The predicted molar refractivity (Wildman–Crippen MR) is 68.2 cm³/mol. The molecule has 1 heteroatoms. The van der Waals surface area contributed by atoms with Crippen LogP contribution in [0.25, 0.3) is 0 Å². The van der Waals surface area contributed by atoms with Crippen LogP contribution in [-0.2, 0) is 6.42 Å². The molecule has 0 heterocycles. The van der Waals surface area contributed by atoms with Crippen LogP contribution in [0.3, 0.4) is 0 Å². The summed E-state index contributed by atoms with van der Waals surface area (Å²) in [7, 11) is 0. The van der Waals surface area contributed by atoms with Crippen LogP contribution < -0.4 is 0 Å². The molecule has 0 bridgehead atoms. The molecule has 80 valence electrons. The number of nitrogens with zero attached hydrogens (tertiary/aromatic N) is 1. The highest BCUT2D eigenvalue weighted by molar-refractivity contribution is 5.40. The van der Waals surface area contributed by atoms with E-state index < -0.39 is 0 Å². The van der Waals surface area contributed by atoms with Crippen molar-refractivity contribution in [3.8, 4) is 17.9 Å². The Balaban J connectivity index is 2.12. The van der Waals surface area contributed by atoms with E-state index >= 15 is 0 Å². The predicted octanol–water partition coefficient (Wildman–Crippen LogP) is 3.15. The summed E-state index contributed by atoms with van der Waals surface area (Å²) >= 11 is 0. The van der Waals surface area contributed by atoms with Crippen LogP contribution in [-0.4, -0.2) is 0 Å². The largest absolute Gasteiger partial charge is 0.183 e. The van der Waals surface area contributed by atoms with Gasteiger partial charge in [-0.1, -0.05) is 48.4 Å². The summed E-state index contributed by atoms with van der Waals surface area (Å²) in [6.45, 7) is 0. The zero-order valence-electron chi connectivity index (χ0n) is 9.35. The third kappa shape index (κ3) is 3.23. The molecule has 17 heavy (non-hydrogen) atoms. The highest BCUT2D eigenvalue weighted by Gasteiger charge is 1.95. The molecule has 0 saturated heterocycles. The molecule has 0 unspecified atom stereocenters. The standard InChI is InChI=1S/C16H11N/c17-12-4-7-14-8-10-16(11-9-14)13-15-5-2-1-3-6-15/h1-3,5-6,8-11H,13H2. The molecular weight excluding hydrogens is 206 g/mol. The van der Waals surface area contributed by atoms with Crippen LogP contribution >= 0.6 is 0 Å². The quantitative estimate of drug-likeness (QED) is 0.709. The molecule has 0 aliphatic rings. The maximum Gasteiger partial charge on any atom is 0.152 e. The highest BCUT2D eigenvalue weighted by atomic mass is 14.2. The summed E-state index contributed by atoms with van der Waals surface area (Å²) in [5.74, 6) is 5.16. The maximum absolute atomic E-state index is 8.35. The maximum atomic E-state index is 8.35. The second-order valence-corrected chi connectivity index (χ2v) is 3.72. The van der Waals surface area contributed by atoms with Crippen molar-refractivity contribution in [2.24, 2.45) is 0 Å². The van der Waals surface area contributed by atoms with E-state index in [1.165, 1.54) is 11.1 Å². The number of nitriles is 1. The third-order valence-corrected chi connectivity index (χ3v) is 2.47. The lowest BCUT2D eigenvalue weighted by Gasteiger charge is -2.01. The lowest BCUT2D eigenvalue weighted by atomic mass is 10.0. The molecule has 2 aromatic carbocycles. The number of hydrogen-bond acceptors (Lipinski definition) is 1. The van der Waals surface area contributed by atoms with Gasteiger partial charge < -0.3 is 0 Å². The minimum Gasteiger partial charge on any atom is -0.183 e. The summed E-state index contributed by atoms with van der Waals surface area (Å²) in [6.07, 6.45) is 0.923. The van der Waals surface area contributed by atoms with Gasteiger partial charge in [0.1, 0.15) is 0 Å².